The fraction of sp³-hybridized carbons (Fsp3) is 0.231. The summed E-state index contributed by atoms with van der Waals surface area (Å²) in [4.78, 5) is 18.6. The molecule has 0 aliphatic rings. The number of rotatable bonds is 5. The number of hydrogen-bond acceptors (Lipinski definition) is 4. The van der Waals surface area contributed by atoms with Crippen molar-refractivity contribution in [1.82, 2.24) is 13.9 Å². The van der Waals surface area contributed by atoms with Crippen LogP contribution >= 0.6 is 0 Å². The molecular formula is C26H27N3O3S. The smallest absolute Gasteiger partial charge is 0.266 e. The van der Waals surface area contributed by atoms with Gasteiger partial charge in [0, 0.05) is 7.05 Å². The molecule has 33 heavy (non-hydrogen) atoms. The monoisotopic (exact) mass is 461 g/mol. The molecule has 0 aliphatic carbocycles. The van der Waals surface area contributed by atoms with E-state index in [1.807, 2.05) is 45.0 Å². The minimum Gasteiger partial charge on any atom is -0.268 e. The third kappa shape index (κ3) is 4.10. The number of nitrogens with zero attached hydrogens (tertiary/aromatic N) is 3. The molecule has 0 amide bonds. The van der Waals surface area contributed by atoms with E-state index in [1.54, 1.807) is 54.0 Å². The summed E-state index contributed by atoms with van der Waals surface area (Å²) in [5.41, 5.74) is 3.96. The van der Waals surface area contributed by atoms with Crippen molar-refractivity contribution in [2.24, 2.45) is 0 Å². The number of aromatic nitrogens is 2. The van der Waals surface area contributed by atoms with Crippen LogP contribution in [0.15, 0.2) is 76.4 Å². The molecule has 4 rings (SSSR count). The van der Waals surface area contributed by atoms with E-state index in [9.17, 15) is 13.2 Å². The molecular weight excluding hydrogens is 434 g/mol. The highest BCUT2D eigenvalue weighted by atomic mass is 32.2. The Balaban J connectivity index is 1.94. The van der Waals surface area contributed by atoms with Crippen LogP contribution in [0.1, 0.15) is 35.5 Å². The second kappa shape index (κ2) is 8.57. The van der Waals surface area contributed by atoms with Crippen LogP contribution in [0.5, 0.6) is 0 Å². The van der Waals surface area contributed by atoms with Crippen molar-refractivity contribution < 1.29 is 8.42 Å². The average molecular weight is 462 g/mol. The van der Waals surface area contributed by atoms with Crippen molar-refractivity contribution >= 4 is 20.9 Å². The van der Waals surface area contributed by atoms with Gasteiger partial charge >= 0.3 is 0 Å². The summed E-state index contributed by atoms with van der Waals surface area (Å²) in [6.45, 7) is 7.58. The molecule has 6 nitrogen and oxygen atoms in total. The molecule has 0 spiro atoms. The lowest BCUT2D eigenvalue weighted by molar-refractivity contribution is 0.379. The quantitative estimate of drug-likeness (QED) is 0.432. The third-order valence-electron chi connectivity index (χ3n) is 6.01. The summed E-state index contributed by atoms with van der Waals surface area (Å²) in [5.74, 6) is 0.365. The van der Waals surface area contributed by atoms with Gasteiger partial charge in [-0.3, -0.25) is 9.36 Å². The first-order valence-corrected chi connectivity index (χ1v) is 12.2. The number of sulfonamides is 1. The Morgan fingerprint density at radius 1 is 0.909 bits per heavy atom. The first-order chi connectivity index (χ1) is 15.6. The highest BCUT2D eigenvalue weighted by molar-refractivity contribution is 7.89. The molecule has 1 heterocycles. The van der Waals surface area contributed by atoms with Crippen LogP contribution in [-0.4, -0.2) is 29.3 Å². The van der Waals surface area contributed by atoms with Crippen molar-refractivity contribution in [3.05, 3.63) is 99.6 Å². The highest BCUT2D eigenvalue weighted by Crippen LogP contribution is 2.28. The molecule has 1 atom stereocenters. The normalized spacial score (nSPS) is 12.9. The van der Waals surface area contributed by atoms with Crippen molar-refractivity contribution in [1.29, 1.82) is 0 Å². The van der Waals surface area contributed by atoms with Crippen molar-refractivity contribution in [3.8, 4) is 5.69 Å². The van der Waals surface area contributed by atoms with E-state index in [1.165, 1.54) is 11.4 Å². The molecule has 3 aromatic carbocycles. The predicted octanol–water partition coefficient (Wildman–Crippen LogP) is 4.69. The van der Waals surface area contributed by atoms with Crippen LogP contribution in [0.25, 0.3) is 16.6 Å². The van der Waals surface area contributed by atoms with Gasteiger partial charge in [-0.25, -0.2) is 13.4 Å². The van der Waals surface area contributed by atoms with Gasteiger partial charge in [0.15, 0.2) is 0 Å². The van der Waals surface area contributed by atoms with E-state index in [-0.39, 0.29) is 10.5 Å². The largest absolute Gasteiger partial charge is 0.268 e. The lowest BCUT2D eigenvalue weighted by Crippen LogP contribution is -2.35. The third-order valence-corrected chi connectivity index (χ3v) is 7.95. The Hall–Kier alpha value is -3.29. The van der Waals surface area contributed by atoms with Crippen LogP contribution in [0.3, 0.4) is 0 Å². The van der Waals surface area contributed by atoms with Crippen LogP contribution in [-0.2, 0) is 10.0 Å². The Morgan fingerprint density at radius 2 is 1.55 bits per heavy atom. The van der Waals surface area contributed by atoms with Gasteiger partial charge in [-0.05, 0) is 63.6 Å². The van der Waals surface area contributed by atoms with Crippen LogP contribution < -0.4 is 5.56 Å². The number of para-hydroxylation sites is 1. The Bertz CT molecular complexity index is 1510. The molecule has 4 aromatic rings. The van der Waals surface area contributed by atoms with Gasteiger partial charge in [0.1, 0.15) is 5.82 Å². The van der Waals surface area contributed by atoms with E-state index in [2.05, 4.69) is 0 Å². The number of aryl methyl sites for hydroxylation is 3. The Kier molecular flexibility index (Phi) is 5.95. The van der Waals surface area contributed by atoms with Crippen molar-refractivity contribution in [3.63, 3.8) is 0 Å². The summed E-state index contributed by atoms with van der Waals surface area (Å²) in [6, 6.07) is 19.0. The zero-order chi connectivity index (χ0) is 23.9. The summed E-state index contributed by atoms with van der Waals surface area (Å²) < 4.78 is 29.6. The maximum atomic E-state index is 13.6. The first-order valence-electron chi connectivity index (χ1n) is 10.8. The molecule has 0 N–H and O–H groups in total. The molecule has 0 bridgehead atoms. The summed E-state index contributed by atoms with van der Waals surface area (Å²) in [5, 5.41) is 0.484. The van der Waals surface area contributed by atoms with Gasteiger partial charge in [0.2, 0.25) is 10.0 Å². The van der Waals surface area contributed by atoms with Crippen LogP contribution in [0.2, 0.25) is 0 Å². The SMILES string of the molecule is Cc1ccc(S(=O)(=O)N(C)C(C)c2nc3ccccc3c(=O)n2-c2ccc(C)cc2C)cc1. The van der Waals surface area contributed by atoms with Gasteiger partial charge < -0.3 is 0 Å². The molecule has 7 heteroatoms. The van der Waals surface area contributed by atoms with Crippen LogP contribution in [0, 0.1) is 20.8 Å². The lowest BCUT2D eigenvalue weighted by Gasteiger charge is -2.27. The zero-order valence-corrected chi connectivity index (χ0v) is 20.2. The molecule has 0 saturated heterocycles. The van der Waals surface area contributed by atoms with E-state index in [4.69, 9.17) is 4.98 Å². The highest BCUT2D eigenvalue weighted by Gasteiger charge is 2.30. The van der Waals surface area contributed by atoms with Crippen molar-refractivity contribution in [2.45, 2.75) is 38.6 Å². The summed E-state index contributed by atoms with van der Waals surface area (Å²) in [7, 11) is -2.29. The molecule has 0 saturated carbocycles. The molecule has 0 radical (unpaired) electrons. The van der Waals surface area contributed by atoms with E-state index < -0.39 is 16.1 Å². The summed E-state index contributed by atoms with van der Waals surface area (Å²) in [6.07, 6.45) is 0. The van der Waals surface area contributed by atoms with Gasteiger partial charge in [-0.1, -0.05) is 47.5 Å². The maximum absolute atomic E-state index is 13.6. The average Bonchev–Trinajstić information content (AvgIpc) is 2.79. The molecule has 0 aliphatic heterocycles. The number of benzene rings is 3. The van der Waals surface area contributed by atoms with Gasteiger partial charge in [-0.2, -0.15) is 4.31 Å². The first kappa shape index (κ1) is 22.9. The fourth-order valence-electron chi connectivity index (χ4n) is 3.97. The van der Waals surface area contributed by atoms with Gasteiger partial charge in [0.25, 0.3) is 5.56 Å². The van der Waals surface area contributed by atoms with E-state index in [0.717, 1.165) is 16.7 Å². The Morgan fingerprint density at radius 3 is 2.21 bits per heavy atom. The minimum atomic E-state index is -3.81. The fourth-order valence-corrected chi connectivity index (χ4v) is 5.29. The lowest BCUT2D eigenvalue weighted by atomic mass is 10.1. The van der Waals surface area contributed by atoms with Gasteiger partial charge in [0.05, 0.1) is 27.5 Å². The topological polar surface area (TPSA) is 72.3 Å². The van der Waals surface area contributed by atoms with E-state index in [0.29, 0.717) is 22.4 Å². The number of hydrogen-bond donors (Lipinski definition) is 0. The molecule has 170 valence electrons. The standard InChI is InChI=1S/C26H27N3O3S/c1-17-10-13-21(14-11-17)33(31,32)28(5)20(4)25-27-23-9-7-6-8-22(23)26(30)29(25)24-15-12-18(2)16-19(24)3/h6-16,20H,1-5H3. The van der Waals surface area contributed by atoms with Crippen LogP contribution in [0.4, 0.5) is 0 Å². The molecule has 1 aromatic heterocycles. The van der Waals surface area contributed by atoms with Crippen molar-refractivity contribution in [2.75, 3.05) is 7.05 Å². The second-order valence-corrected chi connectivity index (χ2v) is 10.4. The van der Waals surface area contributed by atoms with Gasteiger partial charge in [-0.15, -0.1) is 0 Å². The molecule has 0 fully saturated rings. The molecule has 1 unspecified atom stereocenters. The second-order valence-electron chi connectivity index (χ2n) is 8.43. The maximum Gasteiger partial charge on any atom is 0.266 e. The zero-order valence-electron chi connectivity index (χ0n) is 19.4. The summed E-state index contributed by atoms with van der Waals surface area (Å²) >= 11 is 0. The number of fused-ring (bicyclic) bond motifs is 1. The Labute approximate surface area is 194 Å². The van der Waals surface area contributed by atoms with E-state index >= 15 is 0 Å². The predicted molar refractivity (Wildman–Crippen MR) is 131 cm³/mol. The minimum absolute atomic E-state index is 0.198.